The van der Waals surface area contributed by atoms with Crippen LogP contribution in [-0.4, -0.2) is 26.6 Å². The lowest BCUT2D eigenvalue weighted by molar-refractivity contribution is 0.000301. The van der Waals surface area contributed by atoms with E-state index in [1.807, 2.05) is 6.07 Å². The molecule has 2 rings (SSSR count). The van der Waals surface area contributed by atoms with Crippen LogP contribution >= 0.6 is 0 Å². The van der Waals surface area contributed by atoms with E-state index in [2.05, 4.69) is 6.58 Å². The highest BCUT2D eigenvalue weighted by molar-refractivity contribution is 7.86. The second-order valence-electron chi connectivity index (χ2n) is 6.23. The molecular weight excluding hydrogens is 364 g/mol. The molecule has 0 N–H and O–H groups in total. The molecule has 0 spiro atoms. The van der Waals surface area contributed by atoms with Gasteiger partial charge in [0.15, 0.2) is 0 Å². The van der Waals surface area contributed by atoms with Gasteiger partial charge in [0.1, 0.15) is 6.10 Å². The van der Waals surface area contributed by atoms with Gasteiger partial charge in [0.05, 0.1) is 16.6 Å². The Morgan fingerprint density at radius 3 is 2.11 bits per heavy atom. The molecule has 0 aliphatic heterocycles. The van der Waals surface area contributed by atoms with Crippen molar-refractivity contribution in [2.45, 2.75) is 37.4 Å². The molecule has 0 aromatic heterocycles. The first-order chi connectivity index (χ1) is 12.8. The molecule has 0 bridgehead atoms. The van der Waals surface area contributed by atoms with Crippen molar-refractivity contribution in [1.29, 1.82) is 0 Å². The quantitative estimate of drug-likeness (QED) is 0.365. The molecule has 3 unspecified atom stereocenters. The molecule has 2 aromatic carbocycles. The van der Waals surface area contributed by atoms with Crippen molar-refractivity contribution < 1.29 is 22.1 Å². The molecule has 27 heavy (non-hydrogen) atoms. The van der Waals surface area contributed by atoms with Crippen molar-refractivity contribution in [3.05, 3.63) is 78.9 Å². The molecule has 0 amide bonds. The van der Waals surface area contributed by atoms with E-state index in [0.29, 0.717) is 12.0 Å². The fourth-order valence-corrected chi connectivity index (χ4v) is 3.91. The van der Waals surface area contributed by atoms with Gasteiger partial charge in [-0.1, -0.05) is 42.5 Å². The van der Waals surface area contributed by atoms with E-state index in [1.165, 1.54) is 12.1 Å². The topological polar surface area (TPSA) is 69.7 Å². The molecule has 2 aromatic rings. The summed E-state index contributed by atoms with van der Waals surface area (Å²) in [5.74, 6) is -0.830. The zero-order valence-electron chi connectivity index (χ0n) is 15.4. The van der Waals surface area contributed by atoms with Crippen LogP contribution in [-0.2, 0) is 19.0 Å². The number of carbonyl (C=O) groups is 1. The molecule has 0 heterocycles. The van der Waals surface area contributed by atoms with Gasteiger partial charge in [-0.2, -0.15) is 8.42 Å². The smallest absolute Gasteiger partial charge is 0.338 e. The molecule has 3 atom stereocenters. The van der Waals surface area contributed by atoms with Crippen LogP contribution in [0.25, 0.3) is 0 Å². The summed E-state index contributed by atoms with van der Waals surface area (Å²) in [5.41, 5.74) is 0.437. The second kappa shape index (κ2) is 9.48. The third-order valence-electron chi connectivity index (χ3n) is 4.26. The highest BCUT2D eigenvalue weighted by Crippen LogP contribution is 2.24. The lowest BCUT2D eigenvalue weighted by atomic mass is 9.94. The van der Waals surface area contributed by atoms with Crippen molar-refractivity contribution in [2.24, 2.45) is 5.92 Å². The SMILES string of the molecule is C=CCC(C(C)OC(=O)c1ccccc1)C(C)OS(=O)(=O)c1ccccc1. The van der Waals surface area contributed by atoms with E-state index in [1.54, 1.807) is 62.4 Å². The number of hydrogen-bond donors (Lipinski definition) is 0. The number of carbonyl (C=O) groups excluding carboxylic acids is 1. The number of rotatable bonds is 9. The summed E-state index contributed by atoms with van der Waals surface area (Å²) in [5, 5.41) is 0. The van der Waals surface area contributed by atoms with Gasteiger partial charge in [0.25, 0.3) is 10.1 Å². The Balaban J connectivity index is 2.10. The van der Waals surface area contributed by atoms with Crippen molar-refractivity contribution in [3.8, 4) is 0 Å². The lowest BCUT2D eigenvalue weighted by Gasteiger charge is -2.28. The predicted octanol–water partition coefficient (Wildman–Crippen LogP) is 4.22. The van der Waals surface area contributed by atoms with Crippen LogP contribution in [0, 0.1) is 5.92 Å². The van der Waals surface area contributed by atoms with Crippen LogP contribution in [0.2, 0.25) is 0 Å². The van der Waals surface area contributed by atoms with Crippen molar-refractivity contribution in [1.82, 2.24) is 0 Å². The van der Waals surface area contributed by atoms with Crippen LogP contribution in [0.4, 0.5) is 0 Å². The summed E-state index contributed by atoms with van der Waals surface area (Å²) in [6, 6.07) is 16.6. The second-order valence-corrected chi connectivity index (χ2v) is 7.81. The molecule has 144 valence electrons. The lowest BCUT2D eigenvalue weighted by Crippen LogP contribution is -2.34. The minimum absolute atomic E-state index is 0.0862. The molecule has 0 saturated carbocycles. The average molecular weight is 388 g/mol. The number of hydrogen-bond acceptors (Lipinski definition) is 5. The molecule has 0 fully saturated rings. The Kier molecular flexibility index (Phi) is 7.33. The Bertz CT molecular complexity index is 847. The van der Waals surface area contributed by atoms with Crippen LogP contribution < -0.4 is 0 Å². The van der Waals surface area contributed by atoms with Crippen LogP contribution in [0.3, 0.4) is 0 Å². The zero-order valence-corrected chi connectivity index (χ0v) is 16.3. The highest BCUT2D eigenvalue weighted by atomic mass is 32.2. The number of allylic oxidation sites excluding steroid dienone is 1. The van der Waals surface area contributed by atoms with Gasteiger partial charge in [-0.25, -0.2) is 4.79 Å². The Morgan fingerprint density at radius 1 is 1.00 bits per heavy atom. The van der Waals surface area contributed by atoms with Gasteiger partial charge in [-0.3, -0.25) is 4.18 Å². The summed E-state index contributed by atoms with van der Waals surface area (Å²) in [7, 11) is -3.91. The van der Waals surface area contributed by atoms with Gasteiger partial charge >= 0.3 is 5.97 Å². The molecule has 0 aliphatic rings. The third kappa shape index (κ3) is 5.77. The predicted molar refractivity (Wildman–Crippen MR) is 104 cm³/mol. The fraction of sp³-hybridized carbons (Fsp3) is 0.286. The van der Waals surface area contributed by atoms with Crippen LogP contribution in [0.15, 0.2) is 78.2 Å². The minimum atomic E-state index is -3.91. The summed E-state index contributed by atoms with van der Waals surface area (Å²) >= 11 is 0. The zero-order chi connectivity index (χ0) is 19.9. The maximum Gasteiger partial charge on any atom is 0.338 e. The number of benzene rings is 2. The van der Waals surface area contributed by atoms with E-state index in [9.17, 15) is 13.2 Å². The standard InChI is InChI=1S/C21H24O5S/c1-4-11-20(16(2)25-21(22)18-12-7-5-8-13-18)17(3)26-27(23,24)19-14-9-6-10-15-19/h4-10,12-17,20H,1,11H2,2-3H3. The van der Waals surface area contributed by atoms with E-state index < -0.39 is 28.3 Å². The molecule has 0 radical (unpaired) electrons. The fourth-order valence-electron chi connectivity index (χ4n) is 2.77. The van der Waals surface area contributed by atoms with Gasteiger partial charge in [0, 0.05) is 5.92 Å². The highest BCUT2D eigenvalue weighted by Gasteiger charge is 2.30. The van der Waals surface area contributed by atoms with Crippen molar-refractivity contribution >= 4 is 16.1 Å². The van der Waals surface area contributed by atoms with Crippen LogP contribution in [0.5, 0.6) is 0 Å². The third-order valence-corrected chi connectivity index (χ3v) is 5.66. The Hall–Kier alpha value is -2.44. The largest absolute Gasteiger partial charge is 0.459 e. The average Bonchev–Trinajstić information content (AvgIpc) is 2.66. The minimum Gasteiger partial charge on any atom is -0.459 e. The van der Waals surface area contributed by atoms with E-state index in [4.69, 9.17) is 8.92 Å². The summed E-state index contributed by atoms with van der Waals surface area (Å²) in [6.45, 7) is 7.09. The van der Waals surface area contributed by atoms with Gasteiger partial charge in [0.2, 0.25) is 0 Å². The molecule has 6 heteroatoms. The number of esters is 1. The molecule has 0 aliphatic carbocycles. The van der Waals surface area contributed by atoms with E-state index in [0.717, 1.165) is 0 Å². The maximum atomic E-state index is 12.5. The van der Waals surface area contributed by atoms with Gasteiger partial charge < -0.3 is 4.74 Å². The van der Waals surface area contributed by atoms with Crippen LogP contribution in [0.1, 0.15) is 30.6 Å². The Labute approximate surface area is 160 Å². The first-order valence-electron chi connectivity index (χ1n) is 8.70. The molecule has 0 saturated heterocycles. The maximum absolute atomic E-state index is 12.5. The van der Waals surface area contributed by atoms with Gasteiger partial charge in [-0.05, 0) is 44.5 Å². The Morgan fingerprint density at radius 2 is 1.56 bits per heavy atom. The first kappa shape index (κ1) is 20.9. The normalized spacial score (nSPS) is 14.7. The van der Waals surface area contributed by atoms with E-state index in [-0.39, 0.29) is 10.8 Å². The monoisotopic (exact) mass is 388 g/mol. The van der Waals surface area contributed by atoms with E-state index >= 15 is 0 Å². The summed E-state index contributed by atoms with van der Waals surface area (Å²) in [4.78, 5) is 12.4. The van der Waals surface area contributed by atoms with Crippen molar-refractivity contribution in [3.63, 3.8) is 0 Å². The first-order valence-corrected chi connectivity index (χ1v) is 10.1. The number of ether oxygens (including phenoxy) is 1. The molecular formula is C21H24O5S. The molecule has 5 nitrogen and oxygen atoms in total. The van der Waals surface area contributed by atoms with Gasteiger partial charge in [-0.15, -0.1) is 6.58 Å². The van der Waals surface area contributed by atoms with Crippen molar-refractivity contribution in [2.75, 3.05) is 0 Å². The summed E-state index contributed by atoms with van der Waals surface area (Å²) in [6.07, 6.45) is 0.838. The summed E-state index contributed by atoms with van der Waals surface area (Å²) < 4.78 is 35.8.